The van der Waals surface area contributed by atoms with Crippen molar-refractivity contribution in [2.24, 2.45) is 0 Å². The smallest absolute Gasteiger partial charge is 0.100 e. The molecule has 1 aromatic heterocycles. The molecular weight excluding hydrogens is 152 g/mol. The lowest BCUT2D eigenvalue weighted by Crippen LogP contribution is -1.72. The van der Waals surface area contributed by atoms with Gasteiger partial charge in [-0.2, -0.15) is 0 Å². The summed E-state index contributed by atoms with van der Waals surface area (Å²) in [6.07, 6.45) is 4.61. The molecule has 0 amide bonds. The fraction of sp³-hybridized carbons (Fsp3) is 0.400. The van der Waals surface area contributed by atoms with Gasteiger partial charge in [0.05, 0.1) is 19.1 Å². The molecule has 2 rings (SSSR count). The highest BCUT2D eigenvalue weighted by atomic mass is 16.5. The molecule has 66 valence electrons. The molecule has 0 radical (unpaired) electrons. The Morgan fingerprint density at radius 3 is 2.33 bits per heavy atom. The molecule has 2 nitrogen and oxygen atoms in total. The number of hydrogen-bond acceptors (Lipinski definition) is 2. The molecule has 0 saturated heterocycles. The second kappa shape index (κ2) is 4.65. The van der Waals surface area contributed by atoms with Crippen LogP contribution in [-0.4, -0.2) is 6.61 Å². The molecule has 0 aromatic carbocycles. The topological polar surface area (TPSA) is 22.4 Å². The van der Waals surface area contributed by atoms with Gasteiger partial charge in [-0.15, -0.1) is 0 Å². The minimum Gasteiger partial charge on any atom is -0.501 e. The molecule has 1 aliphatic heterocycles. The monoisotopic (exact) mass is 166 g/mol. The Hall–Kier alpha value is -1.18. The Bertz CT molecular complexity index is 234. The summed E-state index contributed by atoms with van der Waals surface area (Å²) < 4.78 is 9.73. The van der Waals surface area contributed by atoms with Gasteiger partial charge >= 0.3 is 0 Å². The summed E-state index contributed by atoms with van der Waals surface area (Å²) in [5, 5.41) is 0. The Labute approximate surface area is 72.8 Å². The van der Waals surface area contributed by atoms with E-state index in [-0.39, 0.29) is 0 Å². The van der Waals surface area contributed by atoms with Gasteiger partial charge in [-0.05, 0) is 31.6 Å². The van der Waals surface area contributed by atoms with Crippen LogP contribution in [-0.2, 0) is 4.74 Å². The van der Waals surface area contributed by atoms with Crippen LogP contribution < -0.4 is 0 Å². The van der Waals surface area contributed by atoms with E-state index in [9.17, 15) is 0 Å². The van der Waals surface area contributed by atoms with E-state index in [0.29, 0.717) is 0 Å². The molecule has 12 heavy (non-hydrogen) atoms. The second-order valence-corrected chi connectivity index (χ2v) is 2.81. The van der Waals surface area contributed by atoms with E-state index in [1.807, 2.05) is 25.3 Å². The van der Waals surface area contributed by atoms with Gasteiger partial charge in [-0.25, -0.2) is 0 Å². The number of hydrogen-bond donors (Lipinski definition) is 0. The van der Waals surface area contributed by atoms with Crippen LogP contribution in [0.25, 0.3) is 0 Å². The number of aryl methyl sites for hydroxylation is 1. The molecule has 0 N–H and O–H groups in total. The lowest BCUT2D eigenvalue weighted by molar-refractivity contribution is 0.281. The maximum Gasteiger partial charge on any atom is 0.100 e. The molecule has 0 aliphatic carbocycles. The van der Waals surface area contributed by atoms with Gasteiger partial charge in [0.15, 0.2) is 0 Å². The maximum atomic E-state index is 4.89. The standard InChI is InChI=1S/C5H8O.C5H6O/c1-5-2-3-6-4-5;1-5-3-2-4-6-5/h4H,2-3H2,1H3;2-4H,1H3. The molecular formula is C10H14O2. The van der Waals surface area contributed by atoms with Crippen molar-refractivity contribution in [3.63, 3.8) is 0 Å². The minimum absolute atomic E-state index is 0.895. The van der Waals surface area contributed by atoms with Crippen LogP contribution in [0.3, 0.4) is 0 Å². The summed E-state index contributed by atoms with van der Waals surface area (Å²) in [6, 6.07) is 3.79. The van der Waals surface area contributed by atoms with Crippen LogP contribution in [0.15, 0.2) is 34.6 Å². The molecule has 2 heterocycles. The van der Waals surface area contributed by atoms with Crippen molar-refractivity contribution >= 4 is 0 Å². The summed E-state index contributed by atoms with van der Waals surface area (Å²) in [5.41, 5.74) is 1.36. The number of ether oxygens (including phenoxy) is 1. The van der Waals surface area contributed by atoms with Crippen molar-refractivity contribution < 1.29 is 9.15 Å². The van der Waals surface area contributed by atoms with Crippen molar-refractivity contribution in [3.05, 3.63) is 36.0 Å². The Balaban J connectivity index is 0.000000120. The van der Waals surface area contributed by atoms with Crippen LogP contribution >= 0.6 is 0 Å². The molecule has 2 heteroatoms. The summed E-state index contributed by atoms with van der Waals surface area (Å²) in [4.78, 5) is 0. The van der Waals surface area contributed by atoms with E-state index in [2.05, 4.69) is 6.92 Å². The first-order valence-electron chi connectivity index (χ1n) is 4.06. The van der Waals surface area contributed by atoms with Crippen molar-refractivity contribution in [3.8, 4) is 0 Å². The summed E-state index contributed by atoms with van der Waals surface area (Å²) in [5.74, 6) is 0.968. The van der Waals surface area contributed by atoms with E-state index < -0.39 is 0 Å². The van der Waals surface area contributed by atoms with Gasteiger partial charge in [-0.1, -0.05) is 0 Å². The van der Waals surface area contributed by atoms with E-state index in [0.717, 1.165) is 18.8 Å². The average Bonchev–Trinajstić information content (AvgIpc) is 2.63. The Kier molecular flexibility index (Phi) is 3.45. The van der Waals surface area contributed by atoms with Crippen molar-refractivity contribution in [2.45, 2.75) is 20.3 Å². The molecule has 1 aromatic rings. The predicted octanol–water partition coefficient (Wildman–Crippen LogP) is 2.90. The normalized spacial score (nSPS) is 14.3. The first kappa shape index (κ1) is 8.91. The van der Waals surface area contributed by atoms with Gasteiger partial charge in [0.1, 0.15) is 5.76 Å². The highest BCUT2D eigenvalue weighted by molar-refractivity contribution is 4.96. The maximum absolute atomic E-state index is 4.89. The van der Waals surface area contributed by atoms with Gasteiger partial charge in [0.25, 0.3) is 0 Å². The first-order valence-corrected chi connectivity index (χ1v) is 4.06. The third kappa shape index (κ3) is 3.28. The van der Waals surface area contributed by atoms with Gasteiger partial charge in [-0.3, -0.25) is 0 Å². The van der Waals surface area contributed by atoms with E-state index in [4.69, 9.17) is 9.15 Å². The fourth-order valence-corrected chi connectivity index (χ4v) is 0.841. The van der Waals surface area contributed by atoms with Crippen molar-refractivity contribution in [2.75, 3.05) is 6.61 Å². The van der Waals surface area contributed by atoms with Crippen LogP contribution in [0.2, 0.25) is 0 Å². The zero-order chi connectivity index (χ0) is 8.81. The van der Waals surface area contributed by atoms with Crippen molar-refractivity contribution in [1.82, 2.24) is 0 Å². The highest BCUT2D eigenvalue weighted by Gasteiger charge is 1.95. The molecule has 1 aliphatic rings. The zero-order valence-corrected chi connectivity index (χ0v) is 7.54. The minimum atomic E-state index is 0.895. The Morgan fingerprint density at radius 1 is 1.33 bits per heavy atom. The first-order chi connectivity index (χ1) is 5.79. The quantitative estimate of drug-likeness (QED) is 0.591. The molecule has 0 unspecified atom stereocenters. The van der Waals surface area contributed by atoms with Crippen LogP contribution in [0.5, 0.6) is 0 Å². The van der Waals surface area contributed by atoms with E-state index >= 15 is 0 Å². The second-order valence-electron chi connectivity index (χ2n) is 2.81. The third-order valence-corrected chi connectivity index (χ3v) is 1.56. The summed E-state index contributed by atoms with van der Waals surface area (Å²) in [7, 11) is 0. The van der Waals surface area contributed by atoms with Crippen LogP contribution in [0.1, 0.15) is 19.1 Å². The average molecular weight is 166 g/mol. The van der Waals surface area contributed by atoms with Crippen LogP contribution in [0.4, 0.5) is 0 Å². The van der Waals surface area contributed by atoms with Gasteiger partial charge < -0.3 is 9.15 Å². The lowest BCUT2D eigenvalue weighted by Gasteiger charge is -1.80. The number of furan rings is 1. The Morgan fingerprint density at radius 2 is 2.17 bits per heavy atom. The summed E-state index contributed by atoms with van der Waals surface area (Å²) >= 11 is 0. The molecule has 0 saturated carbocycles. The van der Waals surface area contributed by atoms with E-state index in [1.54, 1.807) is 6.26 Å². The molecule has 0 fully saturated rings. The lowest BCUT2D eigenvalue weighted by atomic mass is 10.3. The van der Waals surface area contributed by atoms with Gasteiger partial charge in [0.2, 0.25) is 0 Å². The number of rotatable bonds is 0. The largest absolute Gasteiger partial charge is 0.501 e. The predicted molar refractivity (Wildman–Crippen MR) is 47.8 cm³/mol. The van der Waals surface area contributed by atoms with Gasteiger partial charge in [0, 0.05) is 6.42 Å². The van der Waals surface area contributed by atoms with Crippen molar-refractivity contribution in [1.29, 1.82) is 0 Å². The highest BCUT2D eigenvalue weighted by Crippen LogP contribution is 2.06. The zero-order valence-electron chi connectivity index (χ0n) is 7.54. The third-order valence-electron chi connectivity index (χ3n) is 1.56. The SMILES string of the molecule is CC1=COCC1.Cc1ccco1. The molecule has 0 atom stereocenters. The van der Waals surface area contributed by atoms with Crippen LogP contribution in [0, 0.1) is 6.92 Å². The molecule has 0 bridgehead atoms. The summed E-state index contributed by atoms with van der Waals surface area (Å²) in [6.45, 7) is 4.89. The fourth-order valence-electron chi connectivity index (χ4n) is 0.841. The van der Waals surface area contributed by atoms with E-state index in [1.165, 1.54) is 5.57 Å². The molecule has 0 spiro atoms.